The molecule has 268 valence electrons. The van der Waals surface area contributed by atoms with E-state index in [2.05, 4.69) is 199 Å². The lowest BCUT2D eigenvalue weighted by Crippen LogP contribution is -2.33. The molecule has 0 amide bonds. The molecular weight excluding hydrogens is 695 g/mol. The highest BCUT2D eigenvalue weighted by molar-refractivity contribution is 6.19. The van der Waals surface area contributed by atoms with E-state index in [0.29, 0.717) is 5.84 Å². The van der Waals surface area contributed by atoms with Gasteiger partial charge in [-0.15, -0.1) is 0 Å². The number of hydrogen-bond acceptors (Lipinski definition) is 4. The van der Waals surface area contributed by atoms with Crippen molar-refractivity contribution in [2.45, 2.75) is 6.17 Å². The van der Waals surface area contributed by atoms with E-state index < -0.39 is 0 Å². The number of benzene rings is 9. The summed E-state index contributed by atoms with van der Waals surface area (Å²) in [6.45, 7) is 0. The maximum Gasteiger partial charge on any atom is 0.160 e. The summed E-state index contributed by atoms with van der Waals surface area (Å²) in [5.41, 5.74) is 11.5. The Balaban J connectivity index is 1.06. The number of nitrogens with zero attached hydrogens (tertiary/aromatic N) is 2. The van der Waals surface area contributed by atoms with Crippen molar-refractivity contribution in [3.05, 3.63) is 217 Å². The van der Waals surface area contributed by atoms with Crippen molar-refractivity contribution >= 4 is 55.2 Å². The Morgan fingerprint density at radius 3 is 1.95 bits per heavy atom. The Hall–Kier alpha value is -7.56. The van der Waals surface area contributed by atoms with Crippen LogP contribution in [-0.2, 0) is 0 Å². The predicted molar refractivity (Wildman–Crippen MR) is 237 cm³/mol. The molecule has 4 heteroatoms. The van der Waals surface area contributed by atoms with Crippen molar-refractivity contribution in [3.63, 3.8) is 0 Å². The summed E-state index contributed by atoms with van der Waals surface area (Å²) in [5.74, 6) is 1.45. The van der Waals surface area contributed by atoms with Crippen LogP contribution in [0.4, 0.5) is 0 Å². The molecule has 10 aromatic rings. The number of aliphatic imine (C=N–C) groups is 2. The summed E-state index contributed by atoms with van der Waals surface area (Å²) in [7, 11) is 0. The highest BCUT2D eigenvalue weighted by Gasteiger charge is 2.24. The van der Waals surface area contributed by atoms with E-state index in [4.69, 9.17) is 14.4 Å². The van der Waals surface area contributed by atoms with Gasteiger partial charge in [0.1, 0.15) is 23.2 Å². The normalized spacial score (nSPS) is 14.1. The van der Waals surface area contributed by atoms with Crippen LogP contribution < -0.4 is 5.32 Å². The molecule has 1 aliphatic heterocycles. The van der Waals surface area contributed by atoms with Crippen LogP contribution in [0.5, 0.6) is 0 Å². The molecule has 9 aromatic carbocycles. The first-order valence-corrected chi connectivity index (χ1v) is 19.3. The van der Waals surface area contributed by atoms with Crippen LogP contribution in [0.1, 0.15) is 22.9 Å². The maximum absolute atomic E-state index is 6.47. The van der Waals surface area contributed by atoms with Gasteiger partial charge < -0.3 is 9.73 Å². The minimum Gasteiger partial charge on any atom is -0.456 e. The monoisotopic (exact) mass is 729 g/mol. The Bertz CT molecular complexity index is 3210. The first-order chi connectivity index (χ1) is 28.2. The SMILES string of the molecule is c1ccc(-c2ccc3oc4cccc(-c5ccccc5C5=NC(c6ccc7ccccc7c6)NC(c6ccc(-c7cccc8ccccc78)cc6)=N5)c4c3c2)cc1. The first-order valence-electron chi connectivity index (χ1n) is 19.3. The lowest BCUT2D eigenvalue weighted by atomic mass is 9.93. The molecule has 0 fully saturated rings. The lowest BCUT2D eigenvalue weighted by molar-refractivity contribution is 0.669. The molecule has 57 heavy (non-hydrogen) atoms. The summed E-state index contributed by atoms with van der Waals surface area (Å²) in [4.78, 5) is 10.7. The van der Waals surface area contributed by atoms with Gasteiger partial charge in [0.25, 0.3) is 0 Å². The van der Waals surface area contributed by atoms with E-state index in [1.807, 2.05) is 6.07 Å². The third-order valence-corrected chi connectivity index (χ3v) is 11.2. The predicted octanol–water partition coefficient (Wildman–Crippen LogP) is 13.4. The molecule has 11 rings (SSSR count). The third-order valence-electron chi connectivity index (χ3n) is 11.2. The topological polar surface area (TPSA) is 49.9 Å². The molecular formula is C53H35N3O. The van der Waals surface area contributed by atoms with Gasteiger partial charge in [-0.1, -0.05) is 176 Å². The fourth-order valence-electron chi connectivity index (χ4n) is 8.32. The van der Waals surface area contributed by atoms with Crippen LogP contribution in [0.2, 0.25) is 0 Å². The van der Waals surface area contributed by atoms with Crippen molar-refractivity contribution < 1.29 is 4.42 Å². The van der Waals surface area contributed by atoms with Crippen LogP contribution in [0.25, 0.3) is 76.9 Å². The molecule has 0 aliphatic carbocycles. The Morgan fingerprint density at radius 2 is 1.07 bits per heavy atom. The van der Waals surface area contributed by atoms with E-state index in [1.165, 1.54) is 32.7 Å². The second-order valence-electron chi connectivity index (χ2n) is 14.6. The zero-order chi connectivity index (χ0) is 37.7. The fraction of sp³-hybridized carbons (Fsp3) is 0.0189. The standard InChI is InChI=1S/C53H35N3O/c1-2-12-34(13-3-1)40-30-31-48-47(33-40)50-45(22-11-23-49(50)57-48)44-19-8-9-20-46(44)53-55-51(54-52(56-53)41-29-24-35-14-4-5-16-39(35)32-41)38-27-25-37(26-28-38)43-21-10-17-36-15-6-7-18-42(36)43/h1-33,52H,(H,54,55,56). The van der Waals surface area contributed by atoms with Crippen molar-refractivity contribution in [2.75, 3.05) is 0 Å². The average Bonchev–Trinajstić information content (AvgIpc) is 3.67. The molecule has 1 N–H and O–H groups in total. The van der Waals surface area contributed by atoms with E-state index in [9.17, 15) is 0 Å². The Morgan fingerprint density at radius 1 is 0.404 bits per heavy atom. The summed E-state index contributed by atoms with van der Waals surface area (Å²) in [6, 6.07) is 70.5. The lowest BCUT2D eigenvalue weighted by Gasteiger charge is -2.25. The van der Waals surface area contributed by atoms with Crippen LogP contribution in [0.15, 0.2) is 215 Å². The average molecular weight is 730 g/mol. The molecule has 1 atom stereocenters. The van der Waals surface area contributed by atoms with Crippen LogP contribution >= 0.6 is 0 Å². The largest absolute Gasteiger partial charge is 0.456 e. The number of nitrogens with one attached hydrogen (secondary N) is 1. The molecule has 0 spiro atoms. The minimum absolute atomic E-state index is 0.359. The number of amidine groups is 2. The van der Waals surface area contributed by atoms with Gasteiger partial charge in [0.2, 0.25) is 0 Å². The maximum atomic E-state index is 6.47. The van der Waals surface area contributed by atoms with Crippen molar-refractivity contribution in [1.82, 2.24) is 5.32 Å². The third kappa shape index (κ3) is 5.87. The van der Waals surface area contributed by atoms with Crippen LogP contribution in [0.3, 0.4) is 0 Å². The summed E-state index contributed by atoms with van der Waals surface area (Å²) >= 11 is 0. The number of fused-ring (bicyclic) bond motifs is 5. The van der Waals surface area contributed by atoms with Gasteiger partial charge in [-0.2, -0.15) is 0 Å². The summed E-state index contributed by atoms with van der Waals surface area (Å²) in [6.07, 6.45) is -0.359. The van der Waals surface area contributed by atoms with Crippen LogP contribution in [0, 0.1) is 0 Å². The number of rotatable bonds is 6. The molecule has 4 nitrogen and oxygen atoms in total. The highest BCUT2D eigenvalue weighted by Crippen LogP contribution is 2.40. The molecule has 0 saturated carbocycles. The van der Waals surface area contributed by atoms with E-state index >= 15 is 0 Å². The van der Waals surface area contributed by atoms with Gasteiger partial charge in [-0.05, 0) is 84.8 Å². The zero-order valence-electron chi connectivity index (χ0n) is 30.9. The molecule has 0 bridgehead atoms. The van der Waals surface area contributed by atoms with Gasteiger partial charge in [-0.25, -0.2) is 9.98 Å². The highest BCUT2D eigenvalue weighted by atomic mass is 16.3. The quantitative estimate of drug-likeness (QED) is 0.185. The Labute approximate surface area is 330 Å². The molecule has 1 aromatic heterocycles. The Kier molecular flexibility index (Phi) is 7.85. The van der Waals surface area contributed by atoms with Crippen molar-refractivity contribution in [3.8, 4) is 33.4 Å². The molecule has 1 aliphatic rings. The molecule has 1 unspecified atom stereocenters. The second-order valence-corrected chi connectivity index (χ2v) is 14.6. The molecule has 2 heterocycles. The molecule has 0 radical (unpaired) electrons. The van der Waals surface area contributed by atoms with Crippen molar-refractivity contribution in [1.29, 1.82) is 0 Å². The van der Waals surface area contributed by atoms with Gasteiger partial charge in [0, 0.05) is 21.9 Å². The van der Waals surface area contributed by atoms with E-state index in [0.717, 1.165) is 66.7 Å². The summed E-state index contributed by atoms with van der Waals surface area (Å²) in [5, 5.41) is 10.7. The van der Waals surface area contributed by atoms with E-state index in [-0.39, 0.29) is 6.17 Å². The smallest absolute Gasteiger partial charge is 0.160 e. The van der Waals surface area contributed by atoms with Gasteiger partial charge in [0.05, 0.1) is 0 Å². The van der Waals surface area contributed by atoms with Gasteiger partial charge in [-0.3, -0.25) is 0 Å². The van der Waals surface area contributed by atoms with Crippen LogP contribution in [-0.4, -0.2) is 11.7 Å². The van der Waals surface area contributed by atoms with E-state index in [1.54, 1.807) is 0 Å². The first kappa shape index (κ1) is 32.8. The number of furan rings is 1. The van der Waals surface area contributed by atoms with Crippen molar-refractivity contribution in [2.24, 2.45) is 9.98 Å². The minimum atomic E-state index is -0.359. The second kappa shape index (κ2) is 13.6. The number of hydrogen-bond donors (Lipinski definition) is 1. The fourth-order valence-corrected chi connectivity index (χ4v) is 8.32. The van der Waals surface area contributed by atoms with Gasteiger partial charge in [0.15, 0.2) is 5.84 Å². The zero-order valence-corrected chi connectivity index (χ0v) is 30.9. The van der Waals surface area contributed by atoms with Gasteiger partial charge >= 0.3 is 0 Å². The summed E-state index contributed by atoms with van der Waals surface area (Å²) < 4.78 is 6.47. The molecule has 0 saturated heterocycles.